The minimum atomic E-state index is 0.404. The Balaban J connectivity index is 2.33. The number of benzene rings is 1. The van der Waals surface area contributed by atoms with Crippen molar-refractivity contribution in [3.8, 4) is 11.3 Å². The van der Waals surface area contributed by atoms with Crippen molar-refractivity contribution in [3.05, 3.63) is 48.2 Å². The van der Waals surface area contributed by atoms with Crippen molar-refractivity contribution in [3.63, 3.8) is 0 Å². The predicted octanol–water partition coefficient (Wildman–Crippen LogP) is 2.77. The van der Waals surface area contributed by atoms with Crippen LogP contribution >= 0.6 is 0 Å². The van der Waals surface area contributed by atoms with E-state index in [0.717, 1.165) is 22.0 Å². The van der Waals surface area contributed by atoms with Gasteiger partial charge >= 0.3 is 0 Å². The summed E-state index contributed by atoms with van der Waals surface area (Å²) in [5, 5.41) is 2.20. The topological polar surface area (TPSA) is 77.8 Å². The van der Waals surface area contributed by atoms with Crippen LogP contribution in [-0.2, 0) is 0 Å². The monoisotopic (exact) mass is 250 g/mol. The van der Waals surface area contributed by atoms with E-state index in [1.165, 1.54) is 5.56 Å². The van der Waals surface area contributed by atoms with Gasteiger partial charge in [0.1, 0.15) is 11.6 Å². The second-order valence-corrected chi connectivity index (χ2v) is 4.55. The molecule has 19 heavy (non-hydrogen) atoms. The highest BCUT2D eigenvalue weighted by Crippen LogP contribution is 2.30. The fourth-order valence-electron chi connectivity index (χ4n) is 2.19. The number of rotatable bonds is 1. The maximum Gasteiger partial charge on any atom is 0.135 e. The molecule has 0 spiro atoms. The van der Waals surface area contributed by atoms with E-state index < -0.39 is 0 Å². The van der Waals surface area contributed by atoms with Crippen LogP contribution in [0.25, 0.3) is 22.0 Å². The van der Waals surface area contributed by atoms with E-state index in [1.54, 1.807) is 12.3 Å². The van der Waals surface area contributed by atoms with Crippen molar-refractivity contribution in [2.24, 2.45) is 0 Å². The van der Waals surface area contributed by atoms with Crippen LogP contribution in [0.3, 0.4) is 0 Å². The summed E-state index contributed by atoms with van der Waals surface area (Å²) in [6.45, 7) is 2.06. The molecular formula is C15H14N4. The van der Waals surface area contributed by atoms with E-state index in [9.17, 15) is 0 Å². The van der Waals surface area contributed by atoms with Crippen LogP contribution in [0.15, 0.2) is 42.6 Å². The first-order valence-electron chi connectivity index (χ1n) is 6.03. The van der Waals surface area contributed by atoms with E-state index in [1.807, 2.05) is 12.1 Å². The molecule has 0 saturated heterocycles. The number of anilines is 2. The quantitative estimate of drug-likeness (QED) is 0.696. The van der Waals surface area contributed by atoms with Gasteiger partial charge in [-0.3, -0.25) is 4.98 Å². The normalized spacial score (nSPS) is 10.8. The Morgan fingerprint density at radius 1 is 1.00 bits per heavy atom. The highest BCUT2D eigenvalue weighted by molar-refractivity contribution is 5.97. The molecule has 0 aliphatic heterocycles. The Morgan fingerprint density at radius 3 is 2.63 bits per heavy atom. The molecular weight excluding hydrogens is 236 g/mol. The standard InChI is InChI=1S/C15H14N4/c1-9-2-3-10-6-7-18-14(12(10)8-9)11-4-5-13(16)19-15(11)17/h2-8H,1H3,(H4,16,17,19). The molecule has 0 bridgehead atoms. The molecule has 94 valence electrons. The zero-order valence-corrected chi connectivity index (χ0v) is 10.6. The van der Waals surface area contributed by atoms with Gasteiger partial charge in [0, 0.05) is 17.1 Å². The fraction of sp³-hybridized carbons (Fsp3) is 0.0667. The lowest BCUT2D eigenvalue weighted by atomic mass is 10.0. The molecule has 0 unspecified atom stereocenters. The lowest BCUT2D eigenvalue weighted by Crippen LogP contribution is -1.99. The average molecular weight is 250 g/mol. The first-order valence-corrected chi connectivity index (χ1v) is 6.03. The SMILES string of the molecule is Cc1ccc2ccnc(-c3ccc(N)nc3N)c2c1. The van der Waals surface area contributed by atoms with Gasteiger partial charge in [0.2, 0.25) is 0 Å². The maximum atomic E-state index is 5.95. The Bertz CT molecular complexity index is 765. The Kier molecular flexibility index (Phi) is 2.56. The van der Waals surface area contributed by atoms with E-state index in [4.69, 9.17) is 11.5 Å². The molecule has 1 aromatic carbocycles. The van der Waals surface area contributed by atoms with Crippen LogP contribution in [0.5, 0.6) is 0 Å². The molecule has 0 aliphatic carbocycles. The van der Waals surface area contributed by atoms with Gasteiger partial charge in [-0.05, 0) is 36.6 Å². The number of fused-ring (bicyclic) bond motifs is 1. The van der Waals surface area contributed by atoms with E-state index in [2.05, 4.69) is 35.1 Å². The van der Waals surface area contributed by atoms with Crippen molar-refractivity contribution in [2.45, 2.75) is 6.92 Å². The first-order chi connectivity index (χ1) is 9.15. The molecule has 0 aliphatic rings. The number of nitrogens with two attached hydrogens (primary N) is 2. The summed E-state index contributed by atoms with van der Waals surface area (Å²) in [6.07, 6.45) is 1.78. The van der Waals surface area contributed by atoms with Crippen molar-refractivity contribution in [1.29, 1.82) is 0 Å². The summed E-state index contributed by atoms with van der Waals surface area (Å²) < 4.78 is 0. The minimum absolute atomic E-state index is 0.404. The summed E-state index contributed by atoms with van der Waals surface area (Å²) >= 11 is 0. The molecule has 4 heteroatoms. The third-order valence-corrected chi connectivity index (χ3v) is 3.12. The zero-order valence-electron chi connectivity index (χ0n) is 10.6. The molecule has 3 aromatic rings. The molecule has 3 rings (SSSR count). The predicted molar refractivity (Wildman–Crippen MR) is 78.5 cm³/mol. The van der Waals surface area contributed by atoms with Gasteiger partial charge in [-0.2, -0.15) is 0 Å². The van der Waals surface area contributed by atoms with E-state index in [0.29, 0.717) is 11.6 Å². The molecule has 4 nitrogen and oxygen atoms in total. The van der Waals surface area contributed by atoms with E-state index in [-0.39, 0.29) is 0 Å². The lowest BCUT2D eigenvalue weighted by molar-refractivity contribution is 1.30. The largest absolute Gasteiger partial charge is 0.384 e. The third-order valence-electron chi connectivity index (χ3n) is 3.12. The highest BCUT2D eigenvalue weighted by Gasteiger charge is 2.09. The van der Waals surface area contributed by atoms with Gasteiger partial charge in [-0.25, -0.2) is 4.98 Å². The fourth-order valence-corrected chi connectivity index (χ4v) is 2.19. The van der Waals surface area contributed by atoms with Crippen LogP contribution < -0.4 is 11.5 Å². The summed E-state index contributed by atoms with van der Waals surface area (Å²) in [4.78, 5) is 8.54. The smallest absolute Gasteiger partial charge is 0.135 e. The number of nitrogens with zero attached hydrogens (tertiary/aromatic N) is 2. The Labute approximate surface area is 111 Å². The third kappa shape index (κ3) is 1.97. The minimum Gasteiger partial charge on any atom is -0.384 e. The second kappa shape index (κ2) is 4.24. The Hall–Kier alpha value is -2.62. The van der Waals surface area contributed by atoms with Crippen molar-refractivity contribution < 1.29 is 0 Å². The number of nitrogen functional groups attached to an aromatic ring is 2. The molecule has 0 atom stereocenters. The van der Waals surface area contributed by atoms with Crippen LogP contribution in [0.4, 0.5) is 11.6 Å². The van der Waals surface area contributed by atoms with Gasteiger partial charge in [0.05, 0.1) is 5.69 Å². The van der Waals surface area contributed by atoms with E-state index >= 15 is 0 Å². The first kappa shape index (κ1) is 11.5. The van der Waals surface area contributed by atoms with Gasteiger partial charge in [0.25, 0.3) is 0 Å². The van der Waals surface area contributed by atoms with Crippen LogP contribution in [0.2, 0.25) is 0 Å². The molecule has 4 N–H and O–H groups in total. The summed E-state index contributed by atoms with van der Waals surface area (Å²) in [5.74, 6) is 0.819. The summed E-state index contributed by atoms with van der Waals surface area (Å²) in [5.41, 5.74) is 14.4. The number of hydrogen-bond donors (Lipinski definition) is 2. The molecule has 0 amide bonds. The maximum absolute atomic E-state index is 5.95. The second-order valence-electron chi connectivity index (χ2n) is 4.55. The molecule has 0 radical (unpaired) electrons. The van der Waals surface area contributed by atoms with Crippen molar-refractivity contribution >= 4 is 22.4 Å². The molecule has 0 fully saturated rings. The van der Waals surface area contributed by atoms with Crippen LogP contribution in [0.1, 0.15) is 5.56 Å². The number of aryl methyl sites for hydroxylation is 1. The lowest BCUT2D eigenvalue weighted by Gasteiger charge is -2.09. The van der Waals surface area contributed by atoms with Crippen molar-refractivity contribution in [1.82, 2.24) is 9.97 Å². The summed E-state index contributed by atoms with van der Waals surface area (Å²) in [6, 6.07) is 11.9. The number of hydrogen-bond acceptors (Lipinski definition) is 4. The highest BCUT2D eigenvalue weighted by atomic mass is 14.9. The number of pyridine rings is 2. The molecule has 2 heterocycles. The Morgan fingerprint density at radius 2 is 1.84 bits per heavy atom. The molecule has 0 saturated carbocycles. The molecule has 2 aromatic heterocycles. The van der Waals surface area contributed by atoms with Gasteiger partial charge in [-0.15, -0.1) is 0 Å². The number of aromatic nitrogens is 2. The van der Waals surface area contributed by atoms with Gasteiger partial charge < -0.3 is 11.5 Å². The van der Waals surface area contributed by atoms with Crippen molar-refractivity contribution in [2.75, 3.05) is 11.5 Å². The van der Waals surface area contributed by atoms with Gasteiger partial charge in [0.15, 0.2) is 0 Å². The summed E-state index contributed by atoms with van der Waals surface area (Å²) in [7, 11) is 0. The van der Waals surface area contributed by atoms with Crippen LogP contribution in [0, 0.1) is 6.92 Å². The zero-order chi connectivity index (χ0) is 13.4. The average Bonchev–Trinajstić information content (AvgIpc) is 2.38. The van der Waals surface area contributed by atoms with Crippen LogP contribution in [-0.4, -0.2) is 9.97 Å². The van der Waals surface area contributed by atoms with Gasteiger partial charge in [-0.1, -0.05) is 17.7 Å².